The smallest absolute Gasteiger partial charge is 0.424 e. The minimum absolute atomic E-state index is 0. The summed E-state index contributed by atoms with van der Waals surface area (Å²) in [4.78, 5) is 44.8. The first-order valence-electron chi connectivity index (χ1n) is 16.8. The molecule has 0 saturated heterocycles. The third-order valence-electron chi connectivity index (χ3n) is 9.38. The number of sulfone groups is 1. The van der Waals surface area contributed by atoms with Crippen molar-refractivity contribution in [2.75, 3.05) is 25.1 Å². The highest BCUT2D eigenvalue weighted by Crippen LogP contribution is 2.36. The van der Waals surface area contributed by atoms with Crippen LogP contribution < -0.4 is 9.64 Å². The van der Waals surface area contributed by atoms with E-state index in [0.717, 1.165) is 33.4 Å². The minimum Gasteiger partial charge on any atom is -0.495 e. The number of nitrogens with zero attached hydrogens (tertiary/aromatic N) is 4. The molecule has 54 heavy (non-hydrogen) atoms. The summed E-state index contributed by atoms with van der Waals surface area (Å²) in [6.45, 7) is 8.31. The number of hydrogen-bond donors (Lipinski definition) is 0. The molecule has 0 N–H and O–H groups in total. The molecular weight excluding hydrogens is 739 g/mol. The molecular formula is C39H42ClFN4O8S. The molecule has 0 spiro atoms. The van der Waals surface area contributed by atoms with Gasteiger partial charge in [-0.3, -0.25) is 9.59 Å². The van der Waals surface area contributed by atoms with Crippen LogP contribution in [0.5, 0.6) is 5.75 Å². The quantitative estimate of drug-likeness (QED) is 0.0859. The number of methoxy groups -OCH3 is 1. The van der Waals surface area contributed by atoms with Gasteiger partial charge in [0.1, 0.15) is 17.3 Å². The fraction of sp³-hybridized carbons (Fsp3) is 0.308. The van der Waals surface area contributed by atoms with Crippen molar-refractivity contribution in [2.24, 2.45) is 11.3 Å². The second-order valence-corrected chi connectivity index (χ2v) is 15.5. The summed E-state index contributed by atoms with van der Waals surface area (Å²) < 4.78 is 55.5. The number of ketones is 1. The Balaban J connectivity index is 0.00000650. The number of anilines is 2. The first kappa shape index (κ1) is 41.4. The van der Waals surface area contributed by atoms with E-state index < -0.39 is 34.1 Å². The van der Waals surface area contributed by atoms with Gasteiger partial charge in [0.2, 0.25) is 6.79 Å². The molecule has 0 aliphatic heterocycles. The summed E-state index contributed by atoms with van der Waals surface area (Å²) in [5, 5.41) is 4.54. The lowest BCUT2D eigenvalue weighted by molar-refractivity contribution is -0.164. The predicted molar refractivity (Wildman–Crippen MR) is 203 cm³/mol. The molecule has 2 aromatic heterocycles. The van der Waals surface area contributed by atoms with E-state index in [0.29, 0.717) is 5.65 Å². The molecule has 0 radical (unpaired) electrons. The molecule has 12 nitrogen and oxygen atoms in total. The number of esters is 1. The van der Waals surface area contributed by atoms with Crippen molar-refractivity contribution in [3.8, 4) is 16.9 Å². The normalized spacial score (nSPS) is 12.2. The fourth-order valence-electron chi connectivity index (χ4n) is 5.22. The molecule has 0 unspecified atom stereocenters. The number of pyridine rings is 1. The Labute approximate surface area is 319 Å². The number of hydrogen-bond acceptors (Lipinski definition) is 10. The summed E-state index contributed by atoms with van der Waals surface area (Å²) in [5.41, 5.74) is 2.77. The lowest BCUT2D eigenvalue weighted by Crippen LogP contribution is -2.34. The molecule has 1 atom stereocenters. The molecule has 0 aliphatic carbocycles. The number of rotatable bonds is 13. The van der Waals surface area contributed by atoms with Crippen LogP contribution in [0.2, 0.25) is 0 Å². The average Bonchev–Trinajstić information content (AvgIpc) is 3.54. The zero-order valence-electron chi connectivity index (χ0n) is 30.9. The van der Waals surface area contributed by atoms with Gasteiger partial charge in [0.25, 0.3) is 5.95 Å². The van der Waals surface area contributed by atoms with Crippen molar-refractivity contribution in [3.63, 3.8) is 0 Å². The van der Waals surface area contributed by atoms with Crippen LogP contribution >= 0.6 is 12.4 Å². The Hall–Kier alpha value is -5.34. The van der Waals surface area contributed by atoms with Crippen LogP contribution in [-0.2, 0) is 35.3 Å². The molecule has 15 heteroatoms. The summed E-state index contributed by atoms with van der Waals surface area (Å²) in [7, 11) is -2.30. The van der Waals surface area contributed by atoms with Gasteiger partial charge < -0.3 is 14.2 Å². The SMILES string of the molecule is COc1cc(S(C)(=O)=O)ccc1N(C(=O)OCOC(=O)C(C)(C)C(C)C)c1nc2ccc(-c3ccc(CC(=O)[C@H](C)c4ccc(F)cc4)cc3)cn2n1.Cl. The maximum atomic E-state index is 13.7. The van der Waals surface area contributed by atoms with E-state index in [1.807, 2.05) is 44.2 Å². The molecule has 5 aromatic rings. The zero-order chi connectivity index (χ0) is 38.7. The molecule has 0 saturated carbocycles. The molecule has 0 bridgehead atoms. The Morgan fingerprint density at radius 2 is 1.56 bits per heavy atom. The lowest BCUT2D eigenvalue weighted by Gasteiger charge is -2.26. The third-order valence-corrected chi connectivity index (χ3v) is 10.5. The van der Waals surface area contributed by atoms with E-state index in [2.05, 4.69) is 10.1 Å². The van der Waals surface area contributed by atoms with Crippen LogP contribution in [0, 0.1) is 17.2 Å². The van der Waals surface area contributed by atoms with Crippen molar-refractivity contribution in [1.29, 1.82) is 0 Å². The van der Waals surface area contributed by atoms with Crippen molar-refractivity contribution >= 4 is 57.4 Å². The van der Waals surface area contributed by atoms with Crippen molar-refractivity contribution in [1.82, 2.24) is 14.6 Å². The van der Waals surface area contributed by atoms with Gasteiger partial charge >= 0.3 is 12.1 Å². The van der Waals surface area contributed by atoms with E-state index in [4.69, 9.17) is 14.2 Å². The van der Waals surface area contributed by atoms with Crippen LogP contribution in [0.4, 0.5) is 20.8 Å². The molecule has 2 heterocycles. The Bertz CT molecular complexity index is 2260. The summed E-state index contributed by atoms with van der Waals surface area (Å²) in [6.07, 6.45) is 1.96. The minimum atomic E-state index is -3.62. The second kappa shape index (κ2) is 16.8. The summed E-state index contributed by atoms with van der Waals surface area (Å²) >= 11 is 0. The maximum absolute atomic E-state index is 13.7. The number of fused-ring (bicyclic) bond motifs is 1. The van der Waals surface area contributed by atoms with Crippen LogP contribution in [0.1, 0.15) is 51.7 Å². The number of halogens is 2. The van der Waals surface area contributed by atoms with E-state index in [1.54, 1.807) is 45.2 Å². The number of Topliss-reactive ketones (excluding diaryl/α,β-unsaturated/α-hetero) is 1. The first-order valence-corrected chi connectivity index (χ1v) is 18.6. The maximum Gasteiger partial charge on any atom is 0.424 e. The van der Waals surface area contributed by atoms with Crippen LogP contribution in [0.15, 0.2) is 90.0 Å². The molecule has 3 aromatic carbocycles. The molecule has 0 fully saturated rings. The van der Waals surface area contributed by atoms with Gasteiger partial charge in [-0.05, 0) is 72.9 Å². The van der Waals surface area contributed by atoms with Crippen molar-refractivity contribution < 1.29 is 41.4 Å². The van der Waals surface area contributed by atoms with Gasteiger partial charge in [-0.1, -0.05) is 57.2 Å². The van der Waals surface area contributed by atoms with Gasteiger partial charge in [0.15, 0.2) is 15.5 Å². The molecule has 5 rings (SSSR count). The highest BCUT2D eigenvalue weighted by molar-refractivity contribution is 7.90. The summed E-state index contributed by atoms with van der Waals surface area (Å²) in [6, 6.07) is 20.9. The van der Waals surface area contributed by atoms with Gasteiger partial charge in [-0.25, -0.2) is 27.0 Å². The second-order valence-electron chi connectivity index (χ2n) is 13.5. The van der Waals surface area contributed by atoms with Crippen LogP contribution in [-0.4, -0.2) is 61.0 Å². The zero-order valence-corrected chi connectivity index (χ0v) is 32.5. The van der Waals surface area contributed by atoms with E-state index in [1.165, 1.54) is 42.0 Å². The van der Waals surface area contributed by atoms with Gasteiger partial charge in [-0.2, -0.15) is 4.98 Å². The van der Waals surface area contributed by atoms with Gasteiger partial charge in [0, 0.05) is 36.4 Å². The standard InChI is InChI=1S/C39H41FN4O8S.ClH/c1-24(2)39(4,5)36(46)51-23-52-38(47)44(32-18-17-31(53(7,48)49)21-34(32)50-6)37-41-35-19-14-29(22-43(35)42-37)28-10-8-26(9-11-28)20-33(45)25(3)27-12-15-30(40)16-13-27;/h8-19,21-22,24-25H,20,23H2,1-7H3;1H/t25-;/m1./s1. The summed E-state index contributed by atoms with van der Waals surface area (Å²) in [5.74, 6) is -1.45. The molecule has 1 amide bonds. The van der Waals surface area contributed by atoms with Gasteiger partial charge in [-0.15, -0.1) is 17.5 Å². The molecule has 286 valence electrons. The number of carbonyl (C=O) groups excluding carboxylic acids is 3. The van der Waals surface area contributed by atoms with Crippen LogP contribution in [0.3, 0.4) is 0 Å². The average molecular weight is 781 g/mol. The number of benzene rings is 3. The highest BCUT2D eigenvalue weighted by atomic mass is 35.5. The monoisotopic (exact) mass is 780 g/mol. The topological polar surface area (TPSA) is 146 Å². The number of amides is 1. The highest BCUT2D eigenvalue weighted by Gasteiger charge is 2.34. The van der Waals surface area contributed by atoms with Crippen molar-refractivity contribution in [3.05, 3.63) is 102 Å². The number of ether oxygens (including phenoxy) is 3. The number of aromatic nitrogens is 3. The van der Waals surface area contributed by atoms with E-state index in [-0.39, 0.29) is 64.5 Å². The van der Waals surface area contributed by atoms with E-state index in [9.17, 15) is 27.2 Å². The third kappa shape index (κ3) is 9.23. The van der Waals surface area contributed by atoms with Crippen LogP contribution in [0.25, 0.3) is 16.8 Å². The lowest BCUT2D eigenvalue weighted by atomic mass is 9.81. The fourth-order valence-corrected chi connectivity index (χ4v) is 5.86. The largest absolute Gasteiger partial charge is 0.495 e. The molecule has 0 aliphatic rings. The number of carbonyl (C=O) groups is 3. The van der Waals surface area contributed by atoms with Crippen molar-refractivity contribution in [2.45, 2.75) is 51.9 Å². The predicted octanol–water partition coefficient (Wildman–Crippen LogP) is 7.74. The van der Waals surface area contributed by atoms with Gasteiger partial charge in [0.05, 0.1) is 23.1 Å². The Morgan fingerprint density at radius 1 is 0.907 bits per heavy atom. The van der Waals surface area contributed by atoms with E-state index >= 15 is 0 Å². The Kier molecular flexibility index (Phi) is 12.9. The Morgan fingerprint density at radius 3 is 2.17 bits per heavy atom. The first-order chi connectivity index (χ1) is 25.0.